The number of ether oxygens (including phenoxy) is 2. The molecule has 1 fully saturated rings. The van der Waals surface area contributed by atoms with Gasteiger partial charge in [0.2, 0.25) is 0 Å². The van der Waals surface area contributed by atoms with Gasteiger partial charge in [-0.05, 0) is 17.7 Å². The van der Waals surface area contributed by atoms with E-state index >= 15 is 0 Å². The van der Waals surface area contributed by atoms with Crippen LogP contribution in [0.25, 0.3) is 6.08 Å². The van der Waals surface area contributed by atoms with Gasteiger partial charge in [-0.3, -0.25) is 4.98 Å². The van der Waals surface area contributed by atoms with Crippen LogP contribution in [0.2, 0.25) is 0 Å². The fraction of sp³-hybridized carbons (Fsp3) is 0.500. The first kappa shape index (κ1) is 16.0. The van der Waals surface area contributed by atoms with E-state index in [1.807, 2.05) is 0 Å². The Morgan fingerprint density at radius 1 is 1.24 bits per heavy atom. The lowest BCUT2D eigenvalue weighted by atomic mass is 9.99. The lowest BCUT2D eigenvalue weighted by molar-refractivity contribution is -0.304. The summed E-state index contributed by atoms with van der Waals surface area (Å²) in [5, 5.41) is 38.2. The highest BCUT2D eigenvalue weighted by atomic mass is 16.7. The summed E-state index contributed by atoms with van der Waals surface area (Å²) in [6.07, 6.45) is -3.14. The van der Waals surface area contributed by atoms with Crippen molar-refractivity contribution in [3.63, 3.8) is 0 Å². The van der Waals surface area contributed by atoms with Crippen LogP contribution < -0.4 is 0 Å². The second kappa shape index (κ2) is 7.08. The number of hydrogen-bond donors (Lipinski definition) is 4. The smallest absolute Gasteiger partial charge is 0.187 e. The molecule has 7 nitrogen and oxygen atoms in total. The first-order valence-electron chi connectivity index (χ1n) is 6.56. The van der Waals surface area contributed by atoms with Crippen molar-refractivity contribution < 1.29 is 29.9 Å². The second-order valence-electron chi connectivity index (χ2n) is 4.80. The number of nitrogens with zero attached hydrogens (tertiary/aromatic N) is 1. The van der Waals surface area contributed by atoms with Gasteiger partial charge < -0.3 is 29.9 Å². The van der Waals surface area contributed by atoms with Crippen LogP contribution in [0.1, 0.15) is 11.3 Å². The minimum Gasteiger partial charge on any atom is -0.394 e. The predicted molar refractivity (Wildman–Crippen MR) is 72.9 cm³/mol. The molecule has 21 heavy (non-hydrogen) atoms. The van der Waals surface area contributed by atoms with Gasteiger partial charge in [-0.1, -0.05) is 12.6 Å². The summed E-state index contributed by atoms with van der Waals surface area (Å²) in [7, 11) is 0. The SMILES string of the molecule is C=Cc1ccc(CO[C@@H]2OC(CO)[C@@H](O)[C@H](O)C2O)cn1. The fourth-order valence-corrected chi connectivity index (χ4v) is 2.03. The van der Waals surface area contributed by atoms with Crippen LogP contribution in [0.3, 0.4) is 0 Å². The summed E-state index contributed by atoms with van der Waals surface area (Å²) < 4.78 is 10.6. The molecule has 0 aromatic carbocycles. The van der Waals surface area contributed by atoms with Crippen molar-refractivity contribution in [2.24, 2.45) is 0 Å². The average Bonchev–Trinajstić information content (AvgIpc) is 2.52. The van der Waals surface area contributed by atoms with Crippen LogP contribution in [0.5, 0.6) is 0 Å². The van der Waals surface area contributed by atoms with E-state index in [1.54, 1.807) is 24.4 Å². The van der Waals surface area contributed by atoms with Gasteiger partial charge in [-0.15, -0.1) is 0 Å². The maximum absolute atomic E-state index is 9.81. The van der Waals surface area contributed by atoms with Gasteiger partial charge in [0.25, 0.3) is 0 Å². The van der Waals surface area contributed by atoms with Crippen LogP contribution in [-0.2, 0) is 16.1 Å². The van der Waals surface area contributed by atoms with Gasteiger partial charge in [0.05, 0.1) is 18.9 Å². The molecule has 1 aromatic heterocycles. The molecule has 2 unspecified atom stereocenters. The molecule has 1 saturated heterocycles. The molecule has 0 amide bonds. The monoisotopic (exact) mass is 297 g/mol. The standard InChI is InChI=1S/C14H19NO6/c1-2-9-4-3-8(5-15-9)7-20-14-13(19)12(18)11(17)10(6-16)21-14/h2-5,10-14,16-19H,1,6-7H2/t10?,11-,12+,13?,14-/m1/s1. The van der Waals surface area contributed by atoms with E-state index in [4.69, 9.17) is 14.6 Å². The fourth-order valence-electron chi connectivity index (χ4n) is 2.03. The Morgan fingerprint density at radius 2 is 2.00 bits per heavy atom. The van der Waals surface area contributed by atoms with Crippen molar-refractivity contribution in [2.45, 2.75) is 37.3 Å². The number of hydrogen-bond acceptors (Lipinski definition) is 7. The number of aromatic nitrogens is 1. The molecule has 0 aliphatic carbocycles. The topological polar surface area (TPSA) is 112 Å². The molecular formula is C14H19NO6. The Kier molecular flexibility index (Phi) is 5.40. The van der Waals surface area contributed by atoms with Crippen molar-refractivity contribution in [1.29, 1.82) is 0 Å². The minimum atomic E-state index is -1.44. The lowest BCUT2D eigenvalue weighted by Gasteiger charge is -2.39. The maximum Gasteiger partial charge on any atom is 0.187 e. The second-order valence-corrected chi connectivity index (χ2v) is 4.80. The van der Waals surface area contributed by atoms with Gasteiger partial charge in [0.15, 0.2) is 6.29 Å². The Hall–Kier alpha value is -1.35. The molecule has 4 N–H and O–H groups in total. The largest absolute Gasteiger partial charge is 0.394 e. The van der Waals surface area contributed by atoms with Crippen LogP contribution in [0.15, 0.2) is 24.9 Å². The van der Waals surface area contributed by atoms with Gasteiger partial charge >= 0.3 is 0 Å². The number of aliphatic hydroxyl groups is 4. The summed E-state index contributed by atoms with van der Waals surface area (Å²) >= 11 is 0. The zero-order chi connectivity index (χ0) is 15.4. The quantitative estimate of drug-likeness (QED) is 0.554. The molecule has 1 aliphatic heterocycles. The van der Waals surface area contributed by atoms with Crippen LogP contribution >= 0.6 is 0 Å². The molecule has 5 atom stereocenters. The highest BCUT2D eigenvalue weighted by molar-refractivity contribution is 5.41. The summed E-state index contributed by atoms with van der Waals surface area (Å²) in [6, 6.07) is 3.55. The lowest BCUT2D eigenvalue weighted by Crippen LogP contribution is -2.59. The molecule has 2 heterocycles. The summed E-state index contributed by atoms with van der Waals surface area (Å²) in [6.45, 7) is 3.22. The van der Waals surface area contributed by atoms with E-state index in [0.717, 1.165) is 11.3 Å². The molecule has 116 valence electrons. The van der Waals surface area contributed by atoms with E-state index < -0.39 is 37.3 Å². The molecule has 0 saturated carbocycles. The van der Waals surface area contributed by atoms with Crippen molar-refractivity contribution in [3.05, 3.63) is 36.2 Å². The highest BCUT2D eigenvalue weighted by Crippen LogP contribution is 2.22. The summed E-state index contributed by atoms with van der Waals surface area (Å²) in [5.41, 5.74) is 1.48. The predicted octanol–water partition coefficient (Wildman–Crippen LogP) is -0.959. The third-order valence-electron chi connectivity index (χ3n) is 3.32. The molecule has 0 bridgehead atoms. The van der Waals surface area contributed by atoms with E-state index in [-0.39, 0.29) is 6.61 Å². The number of aliphatic hydroxyl groups excluding tert-OH is 4. The molecule has 0 spiro atoms. The zero-order valence-corrected chi connectivity index (χ0v) is 11.4. The van der Waals surface area contributed by atoms with Crippen molar-refractivity contribution in [1.82, 2.24) is 4.98 Å². The van der Waals surface area contributed by atoms with Gasteiger partial charge in [-0.2, -0.15) is 0 Å². The van der Waals surface area contributed by atoms with E-state index in [9.17, 15) is 15.3 Å². The highest BCUT2D eigenvalue weighted by Gasteiger charge is 2.43. The third kappa shape index (κ3) is 3.65. The summed E-state index contributed by atoms with van der Waals surface area (Å²) in [4.78, 5) is 4.11. The minimum absolute atomic E-state index is 0.104. The van der Waals surface area contributed by atoms with Crippen LogP contribution in [0.4, 0.5) is 0 Å². The van der Waals surface area contributed by atoms with E-state index in [1.165, 1.54) is 0 Å². The maximum atomic E-state index is 9.81. The molecule has 1 aliphatic rings. The first-order valence-corrected chi connectivity index (χ1v) is 6.56. The van der Waals surface area contributed by atoms with Crippen molar-refractivity contribution in [3.8, 4) is 0 Å². The normalized spacial score (nSPS) is 32.9. The van der Waals surface area contributed by atoms with Gasteiger partial charge in [0.1, 0.15) is 24.4 Å². The third-order valence-corrected chi connectivity index (χ3v) is 3.32. The molecular weight excluding hydrogens is 278 g/mol. The Morgan fingerprint density at radius 3 is 2.57 bits per heavy atom. The summed E-state index contributed by atoms with van der Waals surface area (Å²) in [5.74, 6) is 0. The Balaban J connectivity index is 1.96. The average molecular weight is 297 g/mol. The van der Waals surface area contributed by atoms with E-state index in [0.29, 0.717) is 0 Å². The molecule has 1 aromatic rings. The zero-order valence-electron chi connectivity index (χ0n) is 11.4. The Labute approximate surface area is 122 Å². The molecule has 2 rings (SSSR count). The number of pyridine rings is 1. The van der Waals surface area contributed by atoms with Crippen LogP contribution in [-0.4, -0.2) is 62.7 Å². The van der Waals surface area contributed by atoms with Crippen molar-refractivity contribution in [2.75, 3.05) is 6.61 Å². The molecule has 0 radical (unpaired) electrons. The van der Waals surface area contributed by atoms with Crippen molar-refractivity contribution >= 4 is 6.08 Å². The van der Waals surface area contributed by atoms with Crippen LogP contribution in [0, 0.1) is 0 Å². The van der Waals surface area contributed by atoms with Gasteiger partial charge in [0, 0.05) is 6.20 Å². The van der Waals surface area contributed by atoms with Gasteiger partial charge in [-0.25, -0.2) is 0 Å². The molecule has 7 heteroatoms. The number of rotatable bonds is 5. The Bertz CT molecular complexity index is 463. The van der Waals surface area contributed by atoms with E-state index in [2.05, 4.69) is 11.6 Å². The first-order chi connectivity index (χ1) is 10.1.